The predicted octanol–water partition coefficient (Wildman–Crippen LogP) is 1.95. The van der Waals surface area contributed by atoms with Crippen molar-refractivity contribution in [3.05, 3.63) is 0 Å². The van der Waals surface area contributed by atoms with Crippen molar-refractivity contribution >= 4 is 5.91 Å². The number of carbonyl (C=O) groups excluding carboxylic acids is 1. The van der Waals surface area contributed by atoms with Gasteiger partial charge in [-0.1, -0.05) is 33.6 Å². The van der Waals surface area contributed by atoms with Gasteiger partial charge in [-0.2, -0.15) is 0 Å². The van der Waals surface area contributed by atoms with Crippen LogP contribution in [0.4, 0.5) is 0 Å². The second kappa shape index (κ2) is 12.7. The Bertz CT molecular complexity index is 153. The van der Waals surface area contributed by atoms with Gasteiger partial charge in [0.25, 0.3) is 0 Å². The molecule has 2 nitrogen and oxygen atoms in total. The molecule has 0 radical (unpaired) electrons. The molecule has 0 aromatic rings. The lowest BCUT2D eigenvalue weighted by Crippen LogP contribution is -2.22. The summed E-state index contributed by atoms with van der Waals surface area (Å²) in [7, 11) is 0. The van der Waals surface area contributed by atoms with E-state index in [-0.39, 0.29) is 5.91 Å². The lowest BCUT2D eigenvalue weighted by Gasteiger charge is -1.94. The smallest absolute Gasteiger partial charge is 0.220 e. The highest BCUT2D eigenvalue weighted by molar-refractivity contribution is 5.75. The van der Waals surface area contributed by atoms with Gasteiger partial charge in [0.1, 0.15) is 0 Å². The van der Waals surface area contributed by atoms with E-state index in [1.807, 2.05) is 27.7 Å². The van der Waals surface area contributed by atoms with Crippen molar-refractivity contribution in [2.75, 3.05) is 6.54 Å². The first-order valence-electron chi connectivity index (χ1n) is 4.53. The van der Waals surface area contributed by atoms with E-state index in [2.05, 4.69) is 17.2 Å². The maximum Gasteiger partial charge on any atom is 0.220 e. The van der Waals surface area contributed by atoms with Crippen LogP contribution in [0.2, 0.25) is 0 Å². The third-order valence-electron chi connectivity index (χ3n) is 0.997. The van der Waals surface area contributed by atoms with Crippen LogP contribution >= 0.6 is 0 Å². The molecule has 0 aliphatic carbocycles. The van der Waals surface area contributed by atoms with Gasteiger partial charge in [-0.3, -0.25) is 4.79 Å². The summed E-state index contributed by atoms with van der Waals surface area (Å²) in [5, 5.41) is 2.65. The summed E-state index contributed by atoms with van der Waals surface area (Å²) in [5.74, 6) is 5.74. The van der Waals surface area contributed by atoms with E-state index >= 15 is 0 Å². The monoisotopic (exact) mass is 169 g/mol. The molecule has 0 saturated carbocycles. The minimum absolute atomic E-state index is 0.0606. The van der Waals surface area contributed by atoms with E-state index in [1.54, 1.807) is 0 Å². The molecule has 0 aromatic heterocycles. The Labute approximate surface area is 75.7 Å². The number of hydrogen-bond donors (Lipinski definition) is 1. The molecule has 0 rings (SSSR count). The Kier molecular flexibility index (Phi) is 14.4. The largest absolute Gasteiger partial charge is 0.345 e. The fourth-order valence-corrected chi connectivity index (χ4v) is 0.455. The van der Waals surface area contributed by atoms with Crippen LogP contribution in [0.3, 0.4) is 0 Å². The molecule has 0 atom stereocenters. The Balaban J connectivity index is 0. The maximum absolute atomic E-state index is 10.6. The summed E-state index contributed by atoms with van der Waals surface area (Å²) in [6.07, 6.45) is 1.38. The lowest BCUT2D eigenvalue weighted by atomic mass is 10.4. The van der Waals surface area contributed by atoms with Crippen molar-refractivity contribution in [2.24, 2.45) is 0 Å². The van der Waals surface area contributed by atoms with Gasteiger partial charge in [0.2, 0.25) is 5.91 Å². The zero-order valence-corrected chi connectivity index (χ0v) is 8.53. The van der Waals surface area contributed by atoms with Crippen LogP contribution in [-0.2, 0) is 4.79 Å². The first kappa shape index (κ1) is 13.6. The van der Waals surface area contributed by atoms with E-state index in [0.717, 1.165) is 6.42 Å². The molecule has 0 aromatic carbocycles. The summed E-state index contributed by atoms with van der Waals surface area (Å²) >= 11 is 0. The predicted molar refractivity (Wildman–Crippen MR) is 52.7 cm³/mol. The van der Waals surface area contributed by atoms with Gasteiger partial charge >= 0.3 is 0 Å². The number of rotatable bonds is 2. The molecule has 0 fully saturated rings. The molecule has 12 heavy (non-hydrogen) atoms. The fraction of sp³-hybridized carbons (Fsp3) is 0.700. The van der Waals surface area contributed by atoms with Crippen LogP contribution in [-0.4, -0.2) is 12.5 Å². The minimum atomic E-state index is 0.0606. The zero-order chi connectivity index (χ0) is 9.82. The first-order chi connectivity index (χ1) is 5.81. The molecule has 0 aliphatic heterocycles. The van der Waals surface area contributed by atoms with Gasteiger partial charge in [-0.05, 0) is 0 Å². The second-order valence-corrected chi connectivity index (χ2v) is 1.84. The van der Waals surface area contributed by atoms with Crippen LogP contribution in [0.1, 0.15) is 40.5 Å². The number of carbonyl (C=O) groups is 1. The van der Waals surface area contributed by atoms with Gasteiger partial charge < -0.3 is 5.32 Å². The van der Waals surface area contributed by atoms with Crippen molar-refractivity contribution < 1.29 is 4.79 Å². The molecular formula is C10H19NO. The van der Waals surface area contributed by atoms with Gasteiger partial charge in [-0.15, -0.1) is 5.92 Å². The summed E-state index contributed by atoms with van der Waals surface area (Å²) in [6, 6.07) is 0. The molecule has 1 N–H and O–H groups in total. The van der Waals surface area contributed by atoms with Crippen LogP contribution < -0.4 is 5.32 Å². The number of hydrogen-bond acceptors (Lipinski definition) is 1. The van der Waals surface area contributed by atoms with Gasteiger partial charge in [0.15, 0.2) is 0 Å². The third-order valence-corrected chi connectivity index (χ3v) is 0.997. The molecule has 0 unspecified atom stereocenters. The normalized spacial score (nSPS) is 7.00. The molecule has 0 bridgehead atoms. The fourth-order valence-electron chi connectivity index (χ4n) is 0.455. The zero-order valence-electron chi connectivity index (χ0n) is 8.53. The SMILES string of the molecule is CC.CCC#CCNC(=O)CC. The van der Waals surface area contributed by atoms with E-state index in [9.17, 15) is 4.79 Å². The van der Waals surface area contributed by atoms with Gasteiger partial charge in [0, 0.05) is 12.8 Å². The highest BCUT2D eigenvalue weighted by Gasteiger charge is 1.90. The standard InChI is InChI=1S/C8H13NO.C2H6/c1-3-5-6-7-9-8(10)4-2;1-2/h3-4,7H2,1-2H3,(H,9,10);1-2H3. The van der Waals surface area contributed by atoms with Crippen molar-refractivity contribution in [2.45, 2.75) is 40.5 Å². The average molecular weight is 169 g/mol. The summed E-state index contributed by atoms with van der Waals surface area (Å²) in [5.41, 5.74) is 0. The van der Waals surface area contributed by atoms with Crippen LogP contribution in [0.25, 0.3) is 0 Å². The molecule has 0 saturated heterocycles. The highest BCUT2D eigenvalue weighted by Crippen LogP contribution is 1.72. The average Bonchev–Trinajstić information content (AvgIpc) is 2.15. The Morgan fingerprint density at radius 3 is 2.25 bits per heavy atom. The number of amides is 1. The van der Waals surface area contributed by atoms with Gasteiger partial charge in [0.05, 0.1) is 6.54 Å². The van der Waals surface area contributed by atoms with Gasteiger partial charge in [-0.25, -0.2) is 0 Å². The van der Waals surface area contributed by atoms with E-state index in [4.69, 9.17) is 0 Å². The van der Waals surface area contributed by atoms with E-state index in [1.165, 1.54) is 0 Å². The molecule has 70 valence electrons. The second-order valence-electron chi connectivity index (χ2n) is 1.84. The van der Waals surface area contributed by atoms with E-state index < -0.39 is 0 Å². The summed E-state index contributed by atoms with van der Waals surface area (Å²) in [6.45, 7) is 8.29. The van der Waals surface area contributed by atoms with Crippen LogP contribution in [0.15, 0.2) is 0 Å². The van der Waals surface area contributed by atoms with Crippen molar-refractivity contribution in [1.82, 2.24) is 5.32 Å². The highest BCUT2D eigenvalue weighted by atomic mass is 16.1. The Morgan fingerprint density at radius 2 is 1.83 bits per heavy atom. The lowest BCUT2D eigenvalue weighted by molar-refractivity contribution is -0.120. The number of nitrogens with one attached hydrogen (secondary N) is 1. The van der Waals surface area contributed by atoms with Crippen molar-refractivity contribution in [3.63, 3.8) is 0 Å². The first-order valence-corrected chi connectivity index (χ1v) is 4.53. The summed E-state index contributed by atoms with van der Waals surface area (Å²) < 4.78 is 0. The maximum atomic E-state index is 10.6. The topological polar surface area (TPSA) is 29.1 Å². The Morgan fingerprint density at radius 1 is 1.25 bits per heavy atom. The molecule has 2 heteroatoms. The van der Waals surface area contributed by atoms with E-state index in [0.29, 0.717) is 13.0 Å². The quantitative estimate of drug-likeness (QED) is 0.629. The molecular weight excluding hydrogens is 150 g/mol. The van der Waals surface area contributed by atoms with Crippen molar-refractivity contribution in [1.29, 1.82) is 0 Å². The van der Waals surface area contributed by atoms with Crippen LogP contribution in [0.5, 0.6) is 0 Å². The molecule has 0 heterocycles. The molecule has 0 aliphatic rings. The van der Waals surface area contributed by atoms with Crippen LogP contribution in [0, 0.1) is 11.8 Å². The minimum Gasteiger partial charge on any atom is -0.345 e. The Hall–Kier alpha value is -0.970. The summed E-state index contributed by atoms with van der Waals surface area (Å²) in [4.78, 5) is 10.6. The molecule has 1 amide bonds. The van der Waals surface area contributed by atoms with Crippen molar-refractivity contribution in [3.8, 4) is 11.8 Å². The third kappa shape index (κ3) is 11.8. The molecule has 0 spiro atoms.